The summed E-state index contributed by atoms with van der Waals surface area (Å²) in [5.74, 6) is -2.81. The molecule has 11 heteroatoms. The number of aromatic nitrogens is 3. The van der Waals surface area contributed by atoms with Crippen molar-refractivity contribution in [1.29, 1.82) is 0 Å². The number of carbonyl (C=O) groups excluding carboxylic acids is 1. The molecule has 152 valence electrons. The van der Waals surface area contributed by atoms with Gasteiger partial charge < -0.3 is 10.0 Å². The molecule has 3 heterocycles. The Bertz CT molecular complexity index is 821. The van der Waals surface area contributed by atoms with Gasteiger partial charge in [0, 0.05) is 57.6 Å². The number of carbonyl (C=O) groups is 2. The van der Waals surface area contributed by atoms with E-state index in [2.05, 4.69) is 20.1 Å². The summed E-state index contributed by atoms with van der Waals surface area (Å²) < 4.78 is 31.7. The first kappa shape index (κ1) is 21.4. The molecule has 2 N–H and O–H groups in total. The Balaban J connectivity index is 0.000000345. The third-order valence-electron chi connectivity index (χ3n) is 3.98. The van der Waals surface area contributed by atoms with Crippen molar-refractivity contribution in [3.8, 4) is 0 Å². The number of halogens is 3. The van der Waals surface area contributed by atoms with E-state index < -0.39 is 12.1 Å². The van der Waals surface area contributed by atoms with E-state index in [-0.39, 0.29) is 5.91 Å². The van der Waals surface area contributed by atoms with Crippen molar-refractivity contribution in [2.24, 2.45) is 0 Å². The van der Waals surface area contributed by atoms with Gasteiger partial charge in [-0.3, -0.25) is 19.8 Å². The van der Waals surface area contributed by atoms with Gasteiger partial charge in [0.1, 0.15) is 0 Å². The van der Waals surface area contributed by atoms with Crippen molar-refractivity contribution >= 4 is 11.9 Å². The Morgan fingerprint density at radius 2 is 2.00 bits per heavy atom. The van der Waals surface area contributed by atoms with Crippen LogP contribution in [0.1, 0.15) is 27.4 Å². The molecular weight excluding hydrogens is 379 g/mol. The summed E-state index contributed by atoms with van der Waals surface area (Å²) in [6, 6.07) is 5.94. The lowest BCUT2D eigenvalue weighted by atomic mass is 10.0. The number of hydrogen-bond donors (Lipinski definition) is 2. The van der Waals surface area contributed by atoms with E-state index in [1.165, 1.54) is 0 Å². The van der Waals surface area contributed by atoms with Crippen LogP contribution in [0.2, 0.25) is 0 Å². The first-order chi connectivity index (χ1) is 13.1. The fraction of sp³-hybridized carbons (Fsp3) is 0.412. The average Bonchev–Trinajstić information content (AvgIpc) is 3.04. The number of hydrogen-bond acceptors (Lipinski definition) is 5. The fourth-order valence-corrected chi connectivity index (χ4v) is 2.60. The summed E-state index contributed by atoms with van der Waals surface area (Å²) in [6.45, 7) is 2.47. The Kier molecular flexibility index (Phi) is 6.73. The predicted molar refractivity (Wildman–Crippen MR) is 92.4 cm³/mol. The van der Waals surface area contributed by atoms with E-state index in [0.717, 1.165) is 43.0 Å². The van der Waals surface area contributed by atoms with Crippen LogP contribution >= 0.6 is 0 Å². The molecule has 2 aromatic heterocycles. The molecule has 0 aromatic carbocycles. The molecule has 28 heavy (non-hydrogen) atoms. The molecular formula is C17H20F3N5O3. The highest BCUT2D eigenvalue weighted by Gasteiger charge is 2.38. The maximum Gasteiger partial charge on any atom is 0.490 e. The first-order valence-electron chi connectivity index (χ1n) is 8.29. The summed E-state index contributed by atoms with van der Waals surface area (Å²) in [4.78, 5) is 29.3. The maximum absolute atomic E-state index is 12.2. The Hall–Kier alpha value is -2.95. The number of alkyl halides is 3. The summed E-state index contributed by atoms with van der Waals surface area (Å²) in [6.07, 6.45) is -2.39. The Morgan fingerprint density at radius 3 is 2.54 bits per heavy atom. The lowest BCUT2D eigenvalue weighted by Crippen LogP contribution is -2.32. The van der Waals surface area contributed by atoms with Crippen LogP contribution in [0.5, 0.6) is 0 Å². The van der Waals surface area contributed by atoms with Crippen LogP contribution in [0.15, 0.2) is 24.4 Å². The average molecular weight is 399 g/mol. The number of pyridine rings is 1. The van der Waals surface area contributed by atoms with Gasteiger partial charge in [-0.1, -0.05) is 6.07 Å². The molecule has 8 nitrogen and oxygen atoms in total. The topological polar surface area (TPSA) is 102 Å². The van der Waals surface area contributed by atoms with Crippen LogP contribution in [0.4, 0.5) is 13.2 Å². The van der Waals surface area contributed by atoms with E-state index in [9.17, 15) is 18.0 Å². The lowest BCUT2D eigenvalue weighted by Gasteiger charge is -2.26. The van der Waals surface area contributed by atoms with Crippen LogP contribution in [0, 0.1) is 0 Å². The van der Waals surface area contributed by atoms with E-state index in [1.54, 1.807) is 19.0 Å². The first-order valence-corrected chi connectivity index (χ1v) is 8.29. The highest BCUT2D eigenvalue weighted by Crippen LogP contribution is 2.22. The van der Waals surface area contributed by atoms with Crippen molar-refractivity contribution in [2.75, 3.05) is 20.6 Å². The second kappa shape index (κ2) is 8.83. The zero-order valence-corrected chi connectivity index (χ0v) is 15.3. The summed E-state index contributed by atoms with van der Waals surface area (Å²) >= 11 is 0. The minimum atomic E-state index is -5.08. The number of amides is 1. The second-order valence-corrected chi connectivity index (χ2v) is 6.31. The molecule has 1 aliphatic heterocycles. The molecule has 1 aliphatic rings. The van der Waals surface area contributed by atoms with Gasteiger partial charge in [0.15, 0.2) is 5.69 Å². The van der Waals surface area contributed by atoms with E-state index >= 15 is 0 Å². The minimum Gasteiger partial charge on any atom is -0.475 e. The number of H-pyrrole nitrogens is 1. The number of nitrogens with zero attached hydrogens (tertiary/aromatic N) is 4. The predicted octanol–water partition coefficient (Wildman–Crippen LogP) is 1.70. The quantitative estimate of drug-likeness (QED) is 0.815. The Labute approximate surface area is 159 Å². The molecule has 2 aromatic rings. The number of nitrogens with one attached hydrogen (secondary N) is 1. The molecule has 0 saturated heterocycles. The molecule has 3 rings (SSSR count). The van der Waals surface area contributed by atoms with Gasteiger partial charge in [0.05, 0.1) is 5.69 Å². The second-order valence-electron chi connectivity index (χ2n) is 6.31. The van der Waals surface area contributed by atoms with Crippen LogP contribution in [-0.4, -0.2) is 68.8 Å². The molecule has 0 spiro atoms. The standard InChI is InChI=1S/C15H19N5O.C2HF3O2/c1-19(2)15(21)14-12-10-20(8-6-13(12)17-18-14)9-11-5-3-4-7-16-11;3-2(4,5)1(6)7/h3-5,7H,6,8-10H2,1-2H3,(H,17,18);(H,6,7). The van der Waals surface area contributed by atoms with E-state index in [1.807, 2.05) is 24.4 Å². The highest BCUT2D eigenvalue weighted by atomic mass is 19.4. The molecule has 0 atom stereocenters. The number of rotatable bonds is 3. The van der Waals surface area contributed by atoms with Crippen molar-refractivity contribution in [2.45, 2.75) is 25.7 Å². The molecule has 0 unspecified atom stereocenters. The third-order valence-corrected chi connectivity index (χ3v) is 3.98. The number of aromatic amines is 1. The third kappa shape index (κ3) is 5.52. The lowest BCUT2D eigenvalue weighted by molar-refractivity contribution is -0.192. The minimum absolute atomic E-state index is 0.0489. The summed E-state index contributed by atoms with van der Waals surface area (Å²) in [5, 5.41) is 14.3. The van der Waals surface area contributed by atoms with Crippen LogP contribution in [0.25, 0.3) is 0 Å². The highest BCUT2D eigenvalue weighted by molar-refractivity contribution is 5.93. The number of carboxylic acid groups (broad SMARTS) is 1. The van der Waals surface area contributed by atoms with Gasteiger partial charge in [-0.2, -0.15) is 18.3 Å². The zero-order chi connectivity index (χ0) is 20.9. The normalized spacial score (nSPS) is 13.9. The molecule has 1 amide bonds. The van der Waals surface area contributed by atoms with Crippen molar-refractivity contribution in [3.63, 3.8) is 0 Å². The van der Waals surface area contributed by atoms with Crippen molar-refractivity contribution < 1.29 is 27.9 Å². The van der Waals surface area contributed by atoms with Gasteiger partial charge in [-0.05, 0) is 12.1 Å². The molecule has 0 fully saturated rings. The Morgan fingerprint density at radius 1 is 1.32 bits per heavy atom. The molecule has 0 aliphatic carbocycles. The SMILES string of the molecule is CN(C)C(=O)c1n[nH]c2c1CN(Cc1ccccn1)CC2.O=C(O)C(F)(F)F. The number of carboxylic acids is 1. The van der Waals surface area contributed by atoms with Gasteiger partial charge in [0.2, 0.25) is 0 Å². The van der Waals surface area contributed by atoms with Gasteiger partial charge in [-0.25, -0.2) is 4.79 Å². The number of fused-ring (bicyclic) bond motifs is 1. The van der Waals surface area contributed by atoms with E-state index in [4.69, 9.17) is 9.90 Å². The monoisotopic (exact) mass is 399 g/mol. The fourth-order valence-electron chi connectivity index (χ4n) is 2.60. The maximum atomic E-state index is 12.2. The van der Waals surface area contributed by atoms with Gasteiger partial charge in [-0.15, -0.1) is 0 Å². The summed E-state index contributed by atoms with van der Waals surface area (Å²) in [5.41, 5.74) is 3.69. The molecule has 0 bridgehead atoms. The van der Waals surface area contributed by atoms with Gasteiger partial charge >= 0.3 is 12.1 Å². The van der Waals surface area contributed by atoms with Gasteiger partial charge in [0.25, 0.3) is 5.91 Å². The van der Waals surface area contributed by atoms with Crippen molar-refractivity contribution in [1.82, 2.24) is 25.0 Å². The molecule has 0 saturated carbocycles. The summed E-state index contributed by atoms with van der Waals surface area (Å²) in [7, 11) is 3.50. The largest absolute Gasteiger partial charge is 0.490 e. The zero-order valence-electron chi connectivity index (χ0n) is 15.3. The molecule has 0 radical (unpaired) electrons. The van der Waals surface area contributed by atoms with Crippen molar-refractivity contribution in [3.05, 3.63) is 47.0 Å². The number of aliphatic carboxylic acids is 1. The van der Waals surface area contributed by atoms with Crippen LogP contribution in [-0.2, 0) is 24.3 Å². The van der Waals surface area contributed by atoms with E-state index in [0.29, 0.717) is 5.69 Å². The van der Waals surface area contributed by atoms with Crippen LogP contribution < -0.4 is 0 Å². The smallest absolute Gasteiger partial charge is 0.475 e. The van der Waals surface area contributed by atoms with Crippen LogP contribution in [0.3, 0.4) is 0 Å².